The predicted octanol–water partition coefficient (Wildman–Crippen LogP) is 2.59. The van der Waals surface area contributed by atoms with Crippen LogP contribution in [0.5, 0.6) is 0 Å². The Hall–Kier alpha value is -3.31. The van der Waals surface area contributed by atoms with E-state index in [0.717, 1.165) is 10.5 Å². The maximum atomic E-state index is 12.6. The van der Waals surface area contributed by atoms with Gasteiger partial charge in [0, 0.05) is 25.2 Å². The topological polar surface area (TPSA) is 156 Å². The van der Waals surface area contributed by atoms with Gasteiger partial charge in [-0.1, -0.05) is 43.3 Å². The van der Waals surface area contributed by atoms with Crippen molar-refractivity contribution < 1.29 is 42.7 Å². The van der Waals surface area contributed by atoms with Crippen molar-refractivity contribution in [2.75, 3.05) is 25.3 Å². The van der Waals surface area contributed by atoms with Gasteiger partial charge in [0.2, 0.25) is 12.7 Å². The Bertz CT molecular complexity index is 1050. The van der Waals surface area contributed by atoms with Crippen LogP contribution in [0.4, 0.5) is 10.6 Å². The van der Waals surface area contributed by atoms with E-state index >= 15 is 0 Å². The lowest BCUT2D eigenvalue weighted by Crippen LogP contribution is -2.37. The van der Waals surface area contributed by atoms with Crippen LogP contribution in [-0.2, 0) is 41.3 Å². The number of amides is 2. The molecule has 0 aliphatic rings. The third-order valence-electron chi connectivity index (χ3n) is 4.61. The van der Waals surface area contributed by atoms with Gasteiger partial charge >= 0.3 is 19.9 Å². The highest BCUT2D eigenvalue weighted by molar-refractivity contribution is 7.46. The number of hydrogen-bond acceptors (Lipinski definition) is 8. The van der Waals surface area contributed by atoms with E-state index in [1.54, 1.807) is 43.4 Å². The number of nitrogens with zero attached hydrogens (tertiary/aromatic N) is 3. The summed E-state index contributed by atoms with van der Waals surface area (Å²) in [5.74, 6) is -0.644. The third-order valence-corrected chi connectivity index (χ3v) is 5.05. The minimum Gasteiger partial charge on any atom is -0.459 e. The molecule has 35 heavy (non-hydrogen) atoms. The molecule has 1 heterocycles. The lowest BCUT2D eigenvalue weighted by molar-refractivity contribution is -0.146. The summed E-state index contributed by atoms with van der Waals surface area (Å²) in [4.78, 5) is 61.6. The Balaban J connectivity index is 2.17. The summed E-state index contributed by atoms with van der Waals surface area (Å²) < 4.78 is 25.0. The molecule has 0 spiro atoms. The molecule has 0 unspecified atom stereocenters. The number of aromatic nitrogens is 1. The van der Waals surface area contributed by atoms with Gasteiger partial charge in [0.25, 0.3) is 0 Å². The number of phosphoric acid groups is 1. The first-order valence-electron chi connectivity index (χ1n) is 10.6. The molecule has 0 saturated carbocycles. The average molecular weight is 509 g/mol. The number of phosphoric ester groups is 1. The number of carbonyl (C=O) groups is 3. The molecule has 0 fully saturated rings. The number of esters is 1. The van der Waals surface area contributed by atoms with E-state index in [1.165, 1.54) is 11.1 Å². The first kappa shape index (κ1) is 27.9. The van der Waals surface area contributed by atoms with Crippen molar-refractivity contribution in [1.82, 2.24) is 9.88 Å². The van der Waals surface area contributed by atoms with E-state index in [0.29, 0.717) is 18.4 Å². The van der Waals surface area contributed by atoms with E-state index in [1.807, 2.05) is 13.0 Å². The summed E-state index contributed by atoms with van der Waals surface area (Å²) >= 11 is 0. The van der Waals surface area contributed by atoms with E-state index in [-0.39, 0.29) is 24.9 Å². The average Bonchev–Trinajstić information content (AvgIpc) is 2.82. The van der Waals surface area contributed by atoms with Crippen LogP contribution < -0.4 is 4.90 Å². The molecule has 2 aromatic rings. The van der Waals surface area contributed by atoms with Gasteiger partial charge in [-0.15, -0.1) is 0 Å². The van der Waals surface area contributed by atoms with Crippen LogP contribution in [0.3, 0.4) is 0 Å². The number of anilines is 1. The minimum absolute atomic E-state index is 0.0176. The van der Waals surface area contributed by atoms with Gasteiger partial charge in [-0.2, -0.15) is 0 Å². The molecule has 190 valence electrons. The van der Waals surface area contributed by atoms with E-state index < -0.39 is 33.2 Å². The van der Waals surface area contributed by atoms with Gasteiger partial charge in [0.15, 0.2) is 0 Å². The fraction of sp³-hybridized carbons (Fsp3) is 0.364. The highest BCUT2D eigenvalue weighted by Crippen LogP contribution is 2.35. The zero-order valence-corrected chi connectivity index (χ0v) is 20.3. The SMILES string of the molecule is CCCC(=O)N(C)c1ncccc1CN(CC(=O)OCc1ccccc1)C(=O)OCOP(=O)(O)O. The van der Waals surface area contributed by atoms with Gasteiger partial charge in [-0.25, -0.2) is 18.9 Å². The molecule has 2 N–H and O–H groups in total. The second kappa shape index (κ2) is 13.5. The largest absolute Gasteiger partial charge is 0.472 e. The van der Waals surface area contributed by atoms with Crippen molar-refractivity contribution in [3.8, 4) is 0 Å². The van der Waals surface area contributed by atoms with Crippen LogP contribution in [0, 0.1) is 0 Å². The van der Waals surface area contributed by atoms with E-state index in [4.69, 9.17) is 19.3 Å². The molecule has 0 aliphatic carbocycles. The van der Waals surface area contributed by atoms with Crippen LogP contribution in [0.15, 0.2) is 48.7 Å². The monoisotopic (exact) mass is 509 g/mol. The Kier molecular flexibility index (Phi) is 10.8. The molecule has 13 heteroatoms. The van der Waals surface area contributed by atoms with Gasteiger partial charge in [-0.05, 0) is 18.1 Å². The maximum Gasteiger partial charge on any atom is 0.472 e. The van der Waals surface area contributed by atoms with Gasteiger partial charge in [0.1, 0.15) is 19.0 Å². The predicted molar refractivity (Wildman–Crippen MR) is 124 cm³/mol. The van der Waals surface area contributed by atoms with Crippen LogP contribution >= 0.6 is 7.82 Å². The summed E-state index contributed by atoms with van der Waals surface area (Å²) in [6.45, 7) is 0.0674. The molecule has 1 aromatic heterocycles. The van der Waals surface area contributed by atoms with Gasteiger partial charge in [-0.3, -0.25) is 19.4 Å². The summed E-state index contributed by atoms with van der Waals surface area (Å²) in [7, 11) is -3.32. The number of rotatable bonds is 12. The fourth-order valence-corrected chi connectivity index (χ4v) is 3.11. The molecule has 12 nitrogen and oxygen atoms in total. The number of pyridine rings is 1. The van der Waals surface area contributed by atoms with Crippen molar-refractivity contribution in [3.05, 3.63) is 59.8 Å². The maximum absolute atomic E-state index is 12.6. The first-order valence-corrected chi connectivity index (χ1v) is 12.2. The molecular formula is C22H28N3O9P. The highest BCUT2D eigenvalue weighted by Gasteiger charge is 2.24. The van der Waals surface area contributed by atoms with Crippen LogP contribution in [0.1, 0.15) is 30.9 Å². The Morgan fingerprint density at radius 2 is 1.77 bits per heavy atom. The molecule has 0 atom stereocenters. The number of ether oxygens (including phenoxy) is 2. The molecule has 2 amide bonds. The Morgan fingerprint density at radius 3 is 2.43 bits per heavy atom. The van der Waals surface area contributed by atoms with Crippen molar-refractivity contribution >= 4 is 31.6 Å². The minimum atomic E-state index is -4.87. The normalized spacial score (nSPS) is 11.0. The molecule has 1 aromatic carbocycles. The van der Waals surface area contributed by atoms with Crippen LogP contribution in [-0.4, -0.2) is 58.0 Å². The van der Waals surface area contributed by atoms with Crippen molar-refractivity contribution in [3.63, 3.8) is 0 Å². The zero-order chi connectivity index (χ0) is 25.8. The lowest BCUT2D eigenvalue weighted by Gasteiger charge is -2.24. The molecule has 0 bridgehead atoms. The summed E-state index contributed by atoms with van der Waals surface area (Å²) in [5.41, 5.74) is 1.18. The Labute approximate surface area is 202 Å². The van der Waals surface area contributed by atoms with E-state index in [9.17, 15) is 18.9 Å². The van der Waals surface area contributed by atoms with Crippen molar-refractivity contribution in [1.29, 1.82) is 0 Å². The molecular weight excluding hydrogens is 481 g/mol. The summed E-state index contributed by atoms with van der Waals surface area (Å²) in [6.07, 6.45) is 1.33. The van der Waals surface area contributed by atoms with Crippen LogP contribution in [0.2, 0.25) is 0 Å². The van der Waals surface area contributed by atoms with Crippen molar-refractivity contribution in [2.45, 2.75) is 32.9 Å². The van der Waals surface area contributed by atoms with Crippen molar-refractivity contribution in [2.24, 2.45) is 0 Å². The smallest absolute Gasteiger partial charge is 0.459 e. The highest BCUT2D eigenvalue weighted by atomic mass is 31.2. The second-order valence-corrected chi connectivity index (χ2v) is 8.58. The van der Waals surface area contributed by atoms with Crippen LogP contribution in [0.25, 0.3) is 0 Å². The fourth-order valence-electron chi connectivity index (χ4n) is 2.92. The number of benzene rings is 1. The lowest BCUT2D eigenvalue weighted by atomic mass is 10.2. The molecule has 2 rings (SSSR count). The standard InChI is InChI=1S/C22H28N3O9P/c1-3-8-19(26)24(2)21-18(11-7-12-23-21)13-25(22(28)33-16-34-35(29,30)31)14-20(27)32-15-17-9-5-4-6-10-17/h4-7,9-12H,3,8,13-16H2,1-2H3,(H2,29,30,31). The molecule has 0 radical (unpaired) electrons. The van der Waals surface area contributed by atoms with Gasteiger partial charge in [0.05, 0.1) is 6.54 Å². The molecule has 0 saturated heterocycles. The Morgan fingerprint density at radius 1 is 1.06 bits per heavy atom. The van der Waals surface area contributed by atoms with E-state index in [2.05, 4.69) is 9.51 Å². The number of carbonyl (C=O) groups excluding carboxylic acids is 3. The summed E-state index contributed by atoms with van der Waals surface area (Å²) in [5, 5.41) is 0. The quantitative estimate of drug-likeness (QED) is 0.248. The number of hydrogen-bond donors (Lipinski definition) is 2. The zero-order valence-electron chi connectivity index (χ0n) is 19.4. The molecule has 0 aliphatic heterocycles. The summed E-state index contributed by atoms with van der Waals surface area (Å²) in [6, 6.07) is 12.2. The second-order valence-electron chi connectivity index (χ2n) is 7.34. The third kappa shape index (κ3) is 9.83. The first-order chi connectivity index (χ1) is 16.6. The van der Waals surface area contributed by atoms with Gasteiger partial charge < -0.3 is 19.3 Å².